The van der Waals surface area contributed by atoms with Crippen LogP contribution in [-0.4, -0.2) is 6.04 Å². The summed E-state index contributed by atoms with van der Waals surface area (Å²) >= 11 is 0. The molecule has 3 atom stereocenters. The molecule has 0 spiro atoms. The Morgan fingerprint density at radius 1 is 0.842 bits per heavy atom. The predicted octanol–water partition coefficient (Wildman–Crippen LogP) is 4.19. The van der Waals surface area contributed by atoms with Gasteiger partial charge in [-0.15, -0.1) is 0 Å². The van der Waals surface area contributed by atoms with Crippen molar-refractivity contribution < 1.29 is 0 Å². The highest BCUT2D eigenvalue weighted by Gasteiger charge is 2.31. The summed E-state index contributed by atoms with van der Waals surface area (Å²) in [7, 11) is 0. The Kier molecular flexibility index (Phi) is 3.39. The maximum atomic E-state index is 6.13. The van der Waals surface area contributed by atoms with Crippen molar-refractivity contribution in [2.45, 2.75) is 31.7 Å². The van der Waals surface area contributed by atoms with E-state index in [-0.39, 0.29) is 0 Å². The fourth-order valence-electron chi connectivity index (χ4n) is 3.22. The molecule has 19 heavy (non-hydrogen) atoms. The quantitative estimate of drug-likeness (QED) is 0.850. The predicted molar refractivity (Wildman–Crippen MR) is 81.0 cm³/mol. The van der Waals surface area contributed by atoms with Gasteiger partial charge in [-0.05, 0) is 41.4 Å². The monoisotopic (exact) mass is 251 g/mol. The first kappa shape index (κ1) is 12.4. The minimum Gasteiger partial charge on any atom is -0.327 e. The fourth-order valence-corrected chi connectivity index (χ4v) is 3.22. The lowest BCUT2D eigenvalue weighted by Gasteiger charge is -2.18. The minimum atomic E-state index is 0.374. The van der Waals surface area contributed by atoms with Crippen LogP contribution in [0.5, 0.6) is 0 Å². The van der Waals surface area contributed by atoms with Gasteiger partial charge in [0.25, 0.3) is 0 Å². The molecule has 0 aliphatic heterocycles. The van der Waals surface area contributed by atoms with Crippen LogP contribution >= 0.6 is 0 Å². The molecule has 1 aliphatic rings. The highest BCUT2D eigenvalue weighted by atomic mass is 14.7. The summed E-state index contributed by atoms with van der Waals surface area (Å²) in [5, 5.41) is 0. The van der Waals surface area contributed by atoms with Gasteiger partial charge in [0.1, 0.15) is 0 Å². The molecule has 1 fully saturated rings. The van der Waals surface area contributed by atoms with E-state index in [0.717, 1.165) is 6.42 Å². The van der Waals surface area contributed by atoms with Crippen LogP contribution in [0.15, 0.2) is 54.6 Å². The maximum absolute atomic E-state index is 6.13. The number of rotatable bonds is 2. The molecule has 1 saturated carbocycles. The van der Waals surface area contributed by atoms with Crippen molar-refractivity contribution >= 4 is 0 Å². The highest BCUT2D eigenvalue weighted by Crippen LogP contribution is 2.39. The van der Waals surface area contributed by atoms with Gasteiger partial charge < -0.3 is 5.73 Å². The molecular weight excluding hydrogens is 230 g/mol. The smallest absolute Gasteiger partial charge is 0.00705 e. The van der Waals surface area contributed by atoms with Crippen LogP contribution in [0.25, 0.3) is 11.1 Å². The fraction of sp³-hybridized carbons (Fsp3) is 0.333. The lowest BCUT2D eigenvalue weighted by Crippen LogP contribution is -2.24. The summed E-state index contributed by atoms with van der Waals surface area (Å²) in [5.41, 5.74) is 10.1. The molecule has 0 heterocycles. The van der Waals surface area contributed by atoms with E-state index in [9.17, 15) is 0 Å². The minimum absolute atomic E-state index is 0.374. The zero-order chi connectivity index (χ0) is 13.2. The van der Waals surface area contributed by atoms with Gasteiger partial charge in [-0.3, -0.25) is 0 Å². The van der Waals surface area contributed by atoms with Crippen molar-refractivity contribution in [2.75, 3.05) is 0 Å². The van der Waals surface area contributed by atoms with Crippen LogP contribution in [0.4, 0.5) is 0 Å². The van der Waals surface area contributed by atoms with Crippen molar-refractivity contribution in [3.05, 3.63) is 60.2 Å². The third kappa shape index (κ3) is 2.43. The first-order chi connectivity index (χ1) is 9.25. The molecule has 1 aliphatic carbocycles. The average Bonchev–Trinajstić information content (AvgIpc) is 2.80. The molecule has 2 aromatic carbocycles. The summed E-state index contributed by atoms with van der Waals surface area (Å²) in [6.45, 7) is 2.29. The number of hydrogen-bond donors (Lipinski definition) is 1. The summed E-state index contributed by atoms with van der Waals surface area (Å²) < 4.78 is 0. The lowest BCUT2D eigenvalue weighted by molar-refractivity contribution is 0.479. The number of hydrogen-bond acceptors (Lipinski definition) is 1. The van der Waals surface area contributed by atoms with Crippen LogP contribution in [0.1, 0.15) is 31.2 Å². The van der Waals surface area contributed by atoms with E-state index in [0.29, 0.717) is 17.9 Å². The molecule has 0 aromatic heterocycles. The normalized spacial score (nSPS) is 26.5. The first-order valence-electron chi connectivity index (χ1n) is 7.16. The Balaban J connectivity index is 1.84. The zero-order valence-corrected chi connectivity index (χ0v) is 11.4. The molecule has 0 bridgehead atoms. The summed E-state index contributed by atoms with van der Waals surface area (Å²) in [4.78, 5) is 0. The van der Waals surface area contributed by atoms with E-state index in [1.165, 1.54) is 23.1 Å². The average molecular weight is 251 g/mol. The van der Waals surface area contributed by atoms with E-state index in [1.54, 1.807) is 0 Å². The third-order valence-corrected chi connectivity index (χ3v) is 4.57. The van der Waals surface area contributed by atoms with E-state index in [2.05, 4.69) is 61.5 Å². The van der Waals surface area contributed by atoms with Gasteiger partial charge in [0.05, 0.1) is 0 Å². The standard InChI is InChI=1S/C18H21N/c1-13-17(11-12-18(13)19)16-9-7-15(8-10-16)14-5-3-2-4-6-14/h2-10,13,17-18H,11-12,19H2,1H3. The van der Waals surface area contributed by atoms with Gasteiger partial charge in [0.15, 0.2) is 0 Å². The molecule has 0 saturated heterocycles. The zero-order valence-electron chi connectivity index (χ0n) is 11.4. The Hall–Kier alpha value is -1.60. The molecule has 98 valence electrons. The molecule has 1 heteroatoms. The Labute approximate surface area is 115 Å². The second-order valence-electron chi connectivity index (χ2n) is 5.69. The lowest BCUT2D eigenvalue weighted by atomic mass is 9.88. The first-order valence-corrected chi connectivity index (χ1v) is 7.16. The topological polar surface area (TPSA) is 26.0 Å². The molecule has 2 N–H and O–H groups in total. The molecule has 0 amide bonds. The highest BCUT2D eigenvalue weighted by molar-refractivity contribution is 5.63. The van der Waals surface area contributed by atoms with Gasteiger partial charge in [-0.1, -0.05) is 61.5 Å². The summed E-state index contributed by atoms with van der Waals surface area (Å²) in [6.07, 6.45) is 2.39. The van der Waals surface area contributed by atoms with Crippen LogP contribution in [-0.2, 0) is 0 Å². The SMILES string of the molecule is CC1C(N)CCC1c1ccc(-c2ccccc2)cc1. The van der Waals surface area contributed by atoms with Crippen LogP contribution in [0.3, 0.4) is 0 Å². The van der Waals surface area contributed by atoms with E-state index < -0.39 is 0 Å². The maximum Gasteiger partial charge on any atom is 0.00705 e. The van der Waals surface area contributed by atoms with Crippen molar-refractivity contribution in [3.63, 3.8) is 0 Å². The van der Waals surface area contributed by atoms with E-state index in [1.807, 2.05) is 0 Å². The second kappa shape index (κ2) is 5.18. The van der Waals surface area contributed by atoms with Crippen LogP contribution in [0.2, 0.25) is 0 Å². The molecule has 3 rings (SSSR count). The van der Waals surface area contributed by atoms with Crippen molar-refractivity contribution in [3.8, 4) is 11.1 Å². The Morgan fingerprint density at radius 2 is 1.47 bits per heavy atom. The van der Waals surface area contributed by atoms with Crippen LogP contribution in [0, 0.1) is 5.92 Å². The number of benzene rings is 2. The molecule has 1 nitrogen and oxygen atoms in total. The van der Waals surface area contributed by atoms with Gasteiger partial charge in [-0.2, -0.15) is 0 Å². The molecule has 2 aromatic rings. The third-order valence-electron chi connectivity index (χ3n) is 4.57. The van der Waals surface area contributed by atoms with Gasteiger partial charge in [-0.25, -0.2) is 0 Å². The molecule has 3 unspecified atom stereocenters. The van der Waals surface area contributed by atoms with Crippen molar-refractivity contribution in [1.29, 1.82) is 0 Å². The largest absolute Gasteiger partial charge is 0.327 e. The van der Waals surface area contributed by atoms with E-state index in [4.69, 9.17) is 5.73 Å². The second-order valence-corrected chi connectivity index (χ2v) is 5.69. The van der Waals surface area contributed by atoms with Gasteiger partial charge >= 0.3 is 0 Å². The molecular formula is C18H21N. The van der Waals surface area contributed by atoms with Gasteiger partial charge in [0, 0.05) is 6.04 Å². The number of nitrogens with two attached hydrogens (primary N) is 1. The summed E-state index contributed by atoms with van der Waals surface area (Å²) in [6, 6.07) is 19.9. The van der Waals surface area contributed by atoms with E-state index >= 15 is 0 Å². The van der Waals surface area contributed by atoms with Crippen molar-refractivity contribution in [1.82, 2.24) is 0 Å². The summed E-state index contributed by atoms with van der Waals surface area (Å²) in [5.74, 6) is 1.24. The van der Waals surface area contributed by atoms with Crippen LogP contribution < -0.4 is 5.73 Å². The Morgan fingerprint density at radius 3 is 2.05 bits per heavy atom. The Bertz CT molecular complexity index is 529. The molecule has 0 radical (unpaired) electrons. The van der Waals surface area contributed by atoms with Gasteiger partial charge in [0.2, 0.25) is 0 Å². The van der Waals surface area contributed by atoms with Crippen molar-refractivity contribution in [2.24, 2.45) is 11.7 Å².